The lowest BCUT2D eigenvalue weighted by Gasteiger charge is -2.32. The van der Waals surface area contributed by atoms with E-state index in [1.54, 1.807) is 0 Å². The van der Waals surface area contributed by atoms with E-state index < -0.39 is 10.8 Å². The van der Waals surface area contributed by atoms with Crippen LogP contribution in [0.2, 0.25) is 0 Å². The molecule has 3 heteroatoms. The van der Waals surface area contributed by atoms with Gasteiger partial charge in [-0.2, -0.15) is 0 Å². The molecule has 0 amide bonds. The van der Waals surface area contributed by atoms with Gasteiger partial charge < -0.3 is 0 Å². The molecule has 2 atom stereocenters. The number of nitrogens with zero attached hydrogens (tertiary/aromatic N) is 1. The average Bonchev–Trinajstić information content (AvgIpc) is 2.47. The minimum atomic E-state index is -0.710. The lowest BCUT2D eigenvalue weighted by Crippen LogP contribution is -2.41. The van der Waals surface area contributed by atoms with Crippen LogP contribution in [0.4, 0.5) is 0 Å². The van der Waals surface area contributed by atoms with Crippen LogP contribution in [0.5, 0.6) is 0 Å². The Morgan fingerprint density at radius 3 is 2.00 bits per heavy atom. The predicted octanol–water partition coefficient (Wildman–Crippen LogP) is 2.41. The smallest absolute Gasteiger partial charge is 0.0492 e. The Balaban J connectivity index is 2.62. The zero-order valence-electron chi connectivity index (χ0n) is 11.0. The molecule has 0 aromatic heterocycles. The van der Waals surface area contributed by atoms with E-state index in [0.717, 1.165) is 19.5 Å². The molecule has 0 radical (unpaired) electrons. The van der Waals surface area contributed by atoms with Crippen molar-refractivity contribution >= 4 is 10.8 Å². The van der Waals surface area contributed by atoms with Crippen molar-refractivity contribution in [3.63, 3.8) is 0 Å². The second-order valence-electron chi connectivity index (χ2n) is 6.44. The van der Waals surface area contributed by atoms with Crippen LogP contribution in [0.3, 0.4) is 0 Å². The van der Waals surface area contributed by atoms with Gasteiger partial charge in [0.25, 0.3) is 0 Å². The molecule has 1 saturated heterocycles. The maximum atomic E-state index is 12.2. The van der Waals surface area contributed by atoms with Gasteiger partial charge in [0.15, 0.2) is 0 Å². The van der Waals surface area contributed by atoms with E-state index in [4.69, 9.17) is 0 Å². The second-order valence-corrected chi connectivity index (χ2v) is 8.92. The summed E-state index contributed by atoms with van der Waals surface area (Å²) in [5.41, 5.74) is 0.219. The third-order valence-electron chi connectivity index (χ3n) is 3.00. The quantitative estimate of drug-likeness (QED) is 0.691. The topological polar surface area (TPSA) is 20.3 Å². The van der Waals surface area contributed by atoms with Gasteiger partial charge in [-0.3, -0.25) is 9.11 Å². The van der Waals surface area contributed by atoms with Gasteiger partial charge in [-0.25, -0.2) is 0 Å². The molecule has 0 saturated carbocycles. The molecule has 1 heterocycles. The van der Waals surface area contributed by atoms with Gasteiger partial charge in [0, 0.05) is 32.9 Å². The summed E-state index contributed by atoms with van der Waals surface area (Å²) >= 11 is 0. The SMILES string of the molecule is CC(C)(C)N1CCC(S(=O)C(C)(C)C)C1. The van der Waals surface area contributed by atoms with Crippen LogP contribution < -0.4 is 0 Å². The molecule has 0 aromatic rings. The Morgan fingerprint density at radius 1 is 1.13 bits per heavy atom. The number of hydrogen-bond acceptors (Lipinski definition) is 2. The molecule has 1 fully saturated rings. The normalized spacial score (nSPS) is 26.9. The van der Waals surface area contributed by atoms with Gasteiger partial charge in [0.1, 0.15) is 0 Å². The maximum absolute atomic E-state index is 12.2. The molecular weight excluding hydrogens is 206 g/mol. The summed E-state index contributed by atoms with van der Waals surface area (Å²) in [5, 5.41) is 0.365. The first-order valence-electron chi connectivity index (χ1n) is 5.78. The Bertz CT molecular complexity index is 249. The summed E-state index contributed by atoms with van der Waals surface area (Å²) in [7, 11) is -0.710. The first kappa shape index (κ1) is 13.2. The van der Waals surface area contributed by atoms with Crippen LogP contribution in [0.15, 0.2) is 0 Å². The zero-order chi connectivity index (χ0) is 11.9. The average molecular weight is 231 g/mol. The first-order valence-corrected chi connectivity index (χ1v) is 6.99. The summed E-state index contributed by atoms with van der Waals surface area (Å²) in [6.07, 6.45) is 1.08. The standard InChI is InChI=1S/C12H25NOS/c1-11(2,3)13-8-7-10(9-13)15(14)12(4,5)6/h10H,7-9H2,1-6H3. The molecule has 0 aliphatic carbocycles. The van der Waals surface area contributed by atoms with Crippen molar-refractivity contribution in [2.45, 2.75) is 63.5 Å². The highest BCUT2D eigenvalue weighted by Gasteiger charge is 2.36. The highest BCUT2D eigenvalue weighted by atomic mass is 32.2. The van der Waals surface area contributed by atoms with Crippen molar-refractivity contribution in [2.24, 2.45) is 0 Å². The van der Waals surface area contributed by atoms with Crippen molar-refractivity contribution < 1.29 is 4.21 Å². The molecule has 0 bridgehead atoms. The van der Waals surface area contributed by atoms with Crippen molar-refractivity contribution in [1.82, 2.24) is 4.90 Å². The molecular formula is C12H25NOS. The molecule has 15 heavy (non-hydrogen) atoms. The van der Waals surface area contributed by atoms with Crippen LogP contribution in [0.25, 0.3) is 0 Å². The second kappa shape index (κ2) is 4.17. The summed E-state index contributed by atoms with van der Waals surface area (Å²) in [6.45, 7) is 15.0. The molecule has 1 rings (SSSR count). The van der Waals surface area contributed by atoms with Gasteiger partial charge in [-0.05, 0) is 54.5 Å². The maximum Gasteiger partial charge on any atom is 0.0492 e. The van der Waals surface area contributed by atoms with Gasteiger partial charge >= 0.3 is 0 Å². The summed E-state index contributed by atoms with van der Waals surface area (Å²) < 4.78 is 12.2. The van der Waals surface area contributed by atoms with Crippen LogP contribution in [-0.4, -0.2) is 37.7 Å². The van der Waals surface area contributed by atoms with Crippen LogP contribution in [0, 0.1) is 0 Å². The van der Waals surface area contributed by atoms with E-state index in [9.17, 15) is 4.21 Å². The Hall–Kier alpha value is 0.110. The molecule has 1 aliphatic heterocycles. The molecule has 2 nitrogen and oxygen atoms in total. The third kappa shape index (κ3) is 3.28. The predicted molar refractivity (Wildman–Crippen MR) is 67.6 cm³/mol. The Labute approximate surface area is 96.9 Å². The highest BCUT2D eigenvalue weighted by Crippen LogP contribution is 2.27. The van der Waals surface area contributed by atoms with E-state index in [1.165, 1.54) is 0 Å². The fraction of sp³-hybridized carbons (Fsp3) is 1.00. The highest BCUT2D eigenvalue weighted by molar-refractivity contribution is 7.87. The lowest BCUT2D eigenvalue weighted by molar-refractivity contribution is 0.175. The van der Waals surface area contributed by atoms with E-state index in [0.29, 0.717) is 5.25 Å². The molecule has 90 valence electrons. The van der Waals surface area contributed by atoms with Crippen LogP contribution >= 0.6 is 0 Å². The van der Waals surface area contributed by atoms with Crippen LogP contribution in [0.1, 0.15) is 48.0 Å². The van der Waals surface area contributed by atoms with Gasteiger partial charge in [0.2, 0.25) is 0 Å². The molecule has 1 aliphatic rings. The minimum absolute atomic E-state index is 0.0709. The number of likely N-dealkylation sites (tertiary alicyclic amines) is 1. The van der Waals surface area contributed by atoms with E-state index in [2.05, 4.69) is 46.4 Å². The lowest BCUT2D eigenvalue weighted by atomic mass is 10.1. The van der Waals surface area contributed by atoms with Gasteiger partial charge in [-0.1, -0.05) is 0 Å². The van der Waals surface area contributed by atoms with E-state index in [-0.39, 0.29) is 10.3 Å². The molecule has 0 N–H and O–H groups in total. The molecule has 0 aromatic carbocycles. The fourth-order valence-electron chi connectivity index (χ4n) is 2.01. The Morgan fingerprint density at radius 2 is 1.67 bits per heavy atom. The fourth-order valence-corrected chi connectivity index (χ4v) is 3.65. The zero-order valence-corrected chi connectivity index (χ0v) is 11.8. The van der Waals surface area contributed by atoms with Gasteiger partial charge in [-0.15, -0.1) is 0 Å². The van der Waals surface area contributed by atoms with E-state index >= 15 is 0 Å². The number of hydrogen-bond donors (Lipinski definition) is 0. The Kier molecular flexibility index (Phi) is 3.66. The van der Waals surface area contributed by atoms with Crippen molar-refractivity contribution in [2.75, 3.05) is 13.1 Å². The third-order valence-corrected chi connectivity index (χ3v) is 5.20. The van der Waals surface area contributed by atoms with Crippen molar-refractivity contribution in [3.05, 3.63) is 0 Å². The number of rotatable bonds is 1. The molecule has 0 spiro atoms. The first-order chi connectivity index (χ1) is 6.62. The minimum Gasteiger partial charge on any atom is -0.297 e. The summed E-state index contributed by atoms with van der Waals surface area (Å²) in [6, 6.07) is 0. The van der Waals surface area contributed by atoms with Crippen molar-refractivity contribution in [1.29, 1.82) is 0 Å². The monoisotopic (exact) mass is 231 g/mol. The summed E-state index contributed by atoms with van der Waals surface area (Å²) in [5.74, 6) is 0. The van der Waals surface area contributed by atoms with Gasteiger partial charge in [0.05, 0.1) is 0 Å². The van der Waals surface area contributed by atoms with Crippen molar-refractivity contribution in [3.8, 4) is 0 Å². The van der Waals surface area contributed by atoms with E-state index in [1.807, 2.05) is 0 Å². The largest absolute Gasteiger partial charge is 0.297 e. The summed E-state index contributed by atoms with van der Waals surface area (Å²) in [4.78, 5) is 2.45. The molecule has 2 unspecified atom stereocenters. The van der Waals surface area contributed by atoms with Crippen LogP contribution in [-0.2, 0) is 10.8 Å².